The van der Waals surface area contributed by atoms with Crippen LogP contribution in [0, 0.1) is 0 Å². The molecule has 16 heavy (non-hydrogen) atoms. The zero-order valence-corrected chi connectivity index (χ0v) is 10.8. The van der Waals surface area contributed by atoms with E-state index < -0.39 is 0 Å². The Hall–Kier alpha value is -0.940. The molecule has 0 aliphatic heterocycles. The lowest BCUT2D eigenvalue weighted by atomic mass is 10.2. The van der Waals surface area contributed by atoms with Crippen LogP contribution in [0.1, 0.15) is 23.2 Å². The molecule has 0 unspecified atom stereocenters. The first kappa shape index (κ1) is 13.1. The summed E-state index contributed by atoms with van der Waals surface area (Å²) in [7, 11) is 1.67. The summed E-state index contributed by atoms with van der Waals surface area (Å²) in [6, 6.07) is 3.48. The number of unbranched alkanes of at least 4 members (excludes halogenated alkanes) is 1. The third-order valence-electron chi connectivity index (χ3n) is 2.06. The molecule has 0 saturated carbocycles. The molecule has 1 aromatic rings. The molecule has 0 radical (unpaired) electrons. The number of pyridine rings is 1. The van der Waals surface area contributed by atoms with Crippen molar-refractivity contribution in [2.24, 2.45) is 0 Å². The monoisotopic (exact) mass is 286 g/mol. The molecule has 1 aromatic heterocycles. The lowest BCUT2D eigenvalue weighted by Gasteiger charge is -2.05. The predicted octanol–water partition coefficient (Wildman–Crippen LogP) is 2.00. The Morgan fingerprint density at radius 2 is 2.38 bits per heavy atom. The normalized spacial score (nSPS) is 10.1. The van der Waals surface area contributed by atoms with Crippen molar-refractivity contribution in [3.8, 4) is 0 Å². The van der Waals surface area contributed by atoms with Gasteiger partial charge >= 0.3 is 0 Å². The Labute approximate surface area is 104 Å². The van der Waals surface area contributed by atoms with Crippen molar-refractivity contribution in [2.45, 2.75) is 12.8 Å². The Morgan fingerprint density at radius 3 is 3.06 bits per heavy atom. The van der Waals surface area contributed by atoms with Crippen molar-refractivity contribution >= 4 is 21.8 Å². The van der Waals surface area contributed by atoms with Gasteiger partial charge in [0.05, 0.1) is 5.56 Å². The summed E-state index contributed by atoms with van der Waals surface area (Å²) >= 11 is 3.24. The van der Waals surface area contributed by atoms with E-state index >= 15 is 0 Å². The first-order valence-electron chi connectivity index (χ1n) is 5.13. The van der Waals surface area contributed by atoms with E-state index in [0.29, 0.717) is 16.7 Å². The highest BCUT2D eigenvalue weighted by Gasteiger charge is 2.08. The number of hydrogen-bond donors (Lipinski definition) is 1. The molecule has 1 heterocycles. The van der Waals surface area contributed by atoms with E-state index in [0.717, 1.165) is 19.4 Å². The van der Waals surface area contributed by atoms with Crippen LogP contribution in [0.25, 0.3) is 0 Å². The maximum absolute atomic E-state index is 11.7. The number of hydrogen-bond acceptors (Lipinski definition) is 3. The van der Waals surface area contributed by atoms with Crippen LogP contribution < -0.4 is 5.32 Å². The van der Waals surface area contributed by atoms with Crippen LogP contribution in [0.2, 0.25) is 0 Å². The molecular weight excluding hydrogens is 272 g/mol. The van der Waals surface area contributed by atoms with E-state index in [-0.39, 0.29) is 5.91 Å². The van der Waals surface area contributed by atoms with Crippen LogP contribution in [-0.4, -0.2) is 31.2 Å². The van der Waals surface area contributed by atoms with Crippen LogP contribution in [0.3, 0.4) is 0 Å². The van der Waals surface area contributed by atoms with Crippen LogP contribution in [0.5, 0.6) is 0 Å². The summed E-state index contributed by atoms with van der Waals surface area (Å²) in [5, 5.41) is 2.83. The van der Waals surface area contributed by atoms with Gasteiger partial charge in [0.1, 0.15) is 4.60 Å². The molecule has 1 rings (SSSR count). The number of ether oxygens (including phenoxy) is 1. The highest BCUT2D eigenvalue weighted by molar-refractivity contribution is 9.10. The number of halogens is 1. The standard InChI is InChI=1S/C11H15BrN2O2/c1-16-8-3-2-6-14-11(15)9-5-4-7-13-10(9)12/h4-5,7H,2-3,6,8H2,1H3,(H,14,15). The van der Waals surface area contributed by atoms with Crippen molar-refractivity contribution in [2.75, 3.05) is 20.3 Å². The molecular formula is C11H15BrN2O2. The molecule has 1 amide bonds. The molecule has 0 aliphatic rings. The minimum atomic E-state index is -0.0996. The van der Waals surface area contributed by atoms with E-state index in [1.54, 1.807) is 25.4 Å². The second-order valence-electron chi connectivity index (χ2n) is 3.30. The lowest BCUT2D eigenvalue weighted by Crippen LogP contribution is -2.25. The number of methoxy groups -OCH3 is 1. The predicted molar refractivity (Wildman–Crippen MR) is 65.4 cm³/mol. The molecule has 0 fully saturated rings. The fourth-order valence-electron chi connectivity index (χ4n) is 1.22. The molecule has 0 aliphatic carbocycles. The average Bonchev–Trinajstić information content (AvgIpc) is 2.29. The van der Waals surface area contributed by atoms with E-state index in [2.05, 4.69) is 26.2 Å². The number of amides is 1. The van der Waals surface area contributed by atoms with E-state index in [4.69, 9.17) is 4.74 Å². The third kappa shape index (κ3) is 4.28. The molecule has 4 nitrogen and oxygen atoms in total. The number of nitrogens with zero attached hydrogens (tertiary/aromatic N) is 1. The molecule has 0 bridgehead atoms. The molecule has 0 saturated heterocycles. The largest absolute Gasteiger partial charge is 0.385 e. The highest BCUT2D eigenvalue weighted by Crippen LogP contribution is 2.11. The van der Waals surface area contributed by atoms with E-state index in [1.807, 2.05) is 0 Å². The minimum Gasteiger partial charge on any atom is -0.385 e. The van der Waals surface area contributed by atoms with Crippen molar-refractivity contribution in [3.63, 3.8) is 0 Å². The number of aromatic nitrogens is 1. The fourth-order valence-corrected chi connectivity index (χ4v) is 1.65. The highest BCUT2D eigenvalue weighted by atomic mass is 79.9. The molecule has 88 valence electrons. The van der Waals surface area contributed by atoms with Crippen LogP contribution in [0.4, 0.5) is 0 Å². The van der Waals surface area contributed by atoms with Gasteiger partial charge in [0.25, 0.3) is 5.91 Å². The lowest BCUT2D eigenvalue weighted by molar-refractivity contribution is 0.0950. The van der Waals surface area contributed by atoms with Gasteiger partial charge < -0.3 is 10.1 Å². The Morgan fingerprint density at radius 1 is 1.56 bits per heavy atom. The summed E-state index contributed by atoms with van der Waals surface area (Å²) in [6.07, 6.45) is 3.50. The molecule has 0 aromatic carbocycles. The van der Waals surface area contributed by atoms with Gasteiger partial charge in [-0.25, -0.2) is 4.98 Å². The minimum absolute atomic E-state index is 0.0996. The zero-order valence-electron chi connectivity index (χ0n) is 9.20. The van der Waals surface area contributed by atoms with Gasteiger partial charge in [-0.05, 0) is 40.9 Å². The number of carbonyl (C=O) groups is 1. The molecule has 1 N–H and O–H groups in total. The van der Waals surface area contributed by atoms with Crippen molar-refractivity contribution in [1.29, 1.82) is 0 Å². The second-order valence-corrected chi connectivity index (χ2v) is 4.05. The van der Waals surface area contributed by atoms with Crippen molar-refractivity contribution in [3.05, 3.63) is 28.5 Å². The molecule has 5 heteroatoms. The van der Waals surface area contributed by atoms with Crippen LogP contribution >= 0.6 is 15.9 Å². The van der Waals surface area contributed by atoms with Gasteiger partial charge in [-0.15, -0.1) is 0 Å². The summed E-state index contributed by atoms with van der Waals surface area (Å²) in [5.74, 6) is -0.0996. The Bertz CT molecular complexity index is 345. The summed E-state index contributed by atoms with van der Waals surface area (Å²) in [5.41, 5.74) is 0.564. The van der Waals surface area contributed by atoms with Gasteiger partial charge in [0.2, 0.25) is 0 Å². The summed E-state index contributed by atoms with van der Waals surface area (Å²) in [6.45, 7) is 1.38. The summed E-state index contributed by atoms with van der Waals surface area (Å²) in [4.78, 5) is 15.7. The average molecular weight is 287 g/mol. The van der Waals surface area contributed by atoms with Gasteiger partial charge in [-0.1, -0.05) is 0 Å². The quantitative estimate of drug-likeness (QED) is 0.643. The smallest absolute Gasteiger partial charge is 0.254 e. The zero-order chi connectivity index (χ0) is 11.8. The Balaban J connectivity index is 2.33. The number of rotatable bonds is 6. The number of carbonyl (C=O) groups excluding carboxylic acids is 1. The van der Waals surface area contributed by atoms with Gasteiger partial charge in [-0.2, -0.15) is 0 Å². The van der Waals surface area contributed by atoms with Gasteiger partial charge in [-0.3, -0.25) is 4.79 Å². The maximum atomic E-state index is 11.7. The first-order chi connectivity index (χ1) is 7.75. The second kappa shape index (κ2) is 7.35. The van der Waals surface area contributed by atoms with Gasteiger partial charge in [0, 0.05) is 26.5 Å². The summed E-state index contributed by atoms with van der Waals surface area (Å²) < 4.78 is 5.50. The SMILES string of the molecule is COCCCCNC(=O)c1cccnc1Br. The van der Waals surface area contributed by atoms with Gasteiger partial charge in [0.15, 0.2) is 0 Å². The molecule has 0 spiro atoms. The van der Waals surface area contributed by atoms with E-state index in [9.17, 15) is 4.79 Å². The maximum Gasteiger partial charge on any atom is 0.254 e. The van der Waals surface area contributed by atoms with Crippen LogP contribution in [-0.2, 0) is 4.74 Å². The van der Waals surface area contributed by atoms with Crippen molar-refractivity contribution in [1.82, 2.24) is 10.3 Å². The Kier molecular flexibility index (Phi) is 6.03. The third-order valence-corrected chi connectivity index (χ3v) is 2.70. The fraction of sp³-hybridized carbons (Fsp3) is 0.455. The number of nitrogens with one attached hydrogen (secondary N) is 1. The van der Waals surface area contributed by atoms with Crippen LogP contribution in [0.15, 0.2) is 22.9 Å². The van der Waals surface area contributed by atoms with E-state index in [1.165, 1.54) is 0 Å². The topological polar surface area (TPSA) is 51.2 Å². The first-order valence-corrected chi connectivity index (χ1v) is 5.92. The molecule has 0 atom stereocenters. The van der Waals surface area contributed by atoms with Crippen molar-refractivity contribution < 1.29 is 9.53 Å².